The minimum absolute atomic E-state index is 0.0180. The zero-order valence-electron chi connectivity index (χ0n) is 17.3. The van der Waals surface area contributed by atoms with Crippen LogP contribution in [0.1, 0.15) is 21.5 Å². The van der Waals surface area contributed by atoms with Gasteiger partial charge in [-0.25, -0.2) is 0 Å². The summed E-state index contributed by atoms with van der Waals surface area (Å²) < 4.78 is 0. The van der Waals surface area contributed by atoms with Gasteiger partial charge in [0.2, 0.25) is 0 Å². The predicted molar refractivity (Wildman–Crippen MR) is 124 cm³/mol. The molecule has 3 aromatic carbocycles. The van der Waals surface area contributed by atoms with Crippen LogP contribution < -0.4 is 10.6 Å². The Morgan fingerprint density at radius 1 is 0.844 bits per heavy atom. The highest BCUT2D eigenvalue weighted by molar-refractivity contribution is 6.48. The Labute approximate surface area is 190 Å². The van der Waals surface area contributed by atoms with Gasteiger partial charge in [-0.2, -0.15) is 0 Å². The molecule has 7 heteroatoms. The van der Waals surface area contributed by atoms with E-state index in [1.165, 1.54) is 0 Å². The summed E-state index contributed by atoms with van der Waals surface area (Å²) in [5.74, 6) is -1.29. The van der Waals surface area contributed by atoms with E-state index in [0.29, 0.717) is 16.9 Å². The third-order valence-corrected chi connectivity index (χ3v) is 5.37. The number of hydrogen-bond acceptors (Lipinski definition) is 4. The molecular formula is C25H20ClN3O3. The highest BCUT2D eigenvalue weighted by Gasteiger charge is 2.37. The lowest BCUT2D eigenvalue weighted by Crippen LogP contribution is -2.31. The molecule has 0 spiro atoms. The molecule has 4 rings (SSSR count). The van der Waals surface area contributed by atoms with Crippen molar-refractivity contribution < 1.29 is 14.4 Å². The largest absolute Gasteiger partial charge is 0.350 e. The normalized spacial score (nSPS) is 13.5. The van der Waals surface area contributed by atoms with E-state index in [2.05, 4.69) is 10.6 Å². The molecule has 0 saturated carbocycles. The number of nitrogens with one attached hydrogen (secondary N) is 2. The Morgan fingerprint density at radius 2 is 1.47 bits per heavy atom. The van der Waals surface area contributed by atoms with Crippen LogP contribution >= 0.6 is 11.6 Å². The number of amides is 3. The number of aryl methyl sites for hydroxylation is 1. The molecule has 2 N–H and O–H groups in total. The smallest absolute Gasteiger partial charge is 0.279 e. The van der Waals surface area contributed by atoms with Crippen LogP contribution in [0.15, 0.2) is 89.6 Å². The number of benzene rings is 3. The molecular weight excluding hydrogens is 426 g/mol. The first-order chi connectivity index (χ1) is 15.4. The first kappa shape index (κ1) is 21.3. The number of hydrogen-bond donors (Lipinski definition) is 2. The minimum atomic E-state index is -0.544. The molecule has 6 nitrogen and oxygen atoms in total. The van der Waals surface area contributed by atoms with Gasteiger partial charge in [-0.1, -0.05) is 59.6 Å². The second-order valence-electron chi connectivity index (χ2n) is 7.39. The molecule has 1 heterocycles. The fraction of sp³-hybridized carbons (Fsp3) is 0.0800. The maximum absolute atomic E-state index is 12.8. The summed E-state index contributed by atoms with van der Waals surface area (Å²) in [7, 11) is 0. The van der Waals surface area contributed by atoms with Gasteiger partial charge in [-0.15, -0.1) is 0 Å². The highest BCUT2D eigenvalue weighted by atomic mass is 35.5. The average molecular weight is 446 g/mol. The lowest BCUT2D eigenvalue weighted by molar-refractivity contribution is -0.138. The van der Waals surface area contributed by atoms with Crippen molar-refractivity contribution in [2.45, 2.75) is 13.5 Å². The van der Waals surface area contributed by atoms with Gasteiger partial charge in [0.15, 0.2) is 0 Å². The van der Waals surface area contributed by atoms with Gasteiger partial charge in [-0.05, 0) is 48.9 Å². The van der Waals surface area contributed by atoms with E-state index in [1.807, 2.05) is 61.5 Å². The lowest BCUT2D eigenvalue weighted by atomic mass is 10.1. The summed E-state index contributed by atoms with van der Waals surface area (Å²) in [5, 5.41) is 5.58. The number of halogens is 1. The molecule has 0 unspecified atom stereocenters. The number of carbonyl (C=O) groups is 3. The van der Waals surface area contributed by atoms with E-state index in [-0.39, 0.29) is 23.2 Å². The summed E-state index contributed by atoms with van der Waals surface area (Å²) in [6.07, 6.45) is 0. The van der Waals surface area contributed by atoms with Crippen molar-refractivity contribution >= 4 is 40.7 Å². The predicted octanol–water partition coefficient (Wildman–Crippen LogP) is 4.68. The molecule has 0 aliphatic carbocycles. The molecule has 32 heavy (non-hydrogen) atoms. The third kappa shape index (κ3) is 4.55. The highest BCUT2D eigenvalue weighted by Crippen LogP contribution is 2.27. The Hall–Kier alpha value is -3.90. The van der Waals surface area contributed by atoms with Gasteiger partial charge < -0.3 is 10.6 Å². The van der Waals surface area contributed by atoms with Crippen LogP contribution in [-0.4, -0.2) is 22.6 Å². The second kappa shape index (κ2) is 9.08. The number of nitrogens with zero attached hydrogens (tertiary/aromatic N) is 1. The molecule has 160 valence electrons. The van der Waals surface area contributed by atoms with Crippen LogP contribution in [0.25, 0.3) is 0 Å². The summed E-state index contributed by atoms with van der Waals surface area (Å²) in [6.45, 7) is 2.11. The van der Waals surface area contributed by atoms with Gasteiger partial charge in [-0.3, -0.25) is 19.3 Å². The monoisotopic (exact) mass is 445 g/mol. The van der Waals surface area contributed by atoms with Crippen LogP contribution in [0.4, 0.5) is 11.4 Å². The lowest BCUT2D eigenvalue weighted by Gasteiger charge is -2.15. The van der Waals surface area contributed by atoms with E-state index in [0.717, 1.165) is 16.0 Å². The molecule has 0 radical (unpaired) electrons. The van der Waals surface area contributed by atoms with Gasteiger partial charge in [0.25, 0.3) is 17.7 Å². The number of rotatable bonds is 6. The topological polar surface area (TPSA) is 78.5 Å². The fourth-order valence-electron chi connectivity index (χ4n) is 3.25. The van der Waals surface area contributed by atoms with Gasteiger partial charge in [0.05, 0.1) is 6.54 Å². The van der Waals surface area contributed by atoms with Gasteiger partial charge in [0, 0.05) is 16.9 Å². The quantitative estimate of drug-likeness (QED) is 0.540. The first-order valence-corrected chi connectivity index (χ1v) is 10.3. The van der Waals surface area contributed by atoms with Crippen LogP contribution in [-0.2, 0) is 16.1 Å². The SMILES string of the molecule is Cc1ccc(NC(=O)c2ccc(NC3=C(Cl)C(=O)N(Cc4ccccc4)C3=O)cc2)cc1. The molecule has 1 aliphatic rings. The first-order valence-electron chi connectivity index (χ1n) is 9.97. The molecule has 0 saturated heterocycles. The Morgan fingerprint density at radius 3 is 2.12 bits per heavy atom. The minimum Gasteiger partial charge on any atom is -0.350 e. The molecule has 1 aliphatic heterocycles. The van der Waals surface area contributed by atoms with E-state index in [1.54, 1.807) is 24.3 Å². The third-order valence-electron chi connectivity index (χ3n) is 5.02. The summed E-state index contributed by atoms with van der Waals surface area (Å²) in [6, 6.07) is 23.3. The van der Waals surface area contributed by atoms with E-state index in [4.69, 9.17) is 11.6 Å². The molecule has 0 aromatic heterocycles. The van der Waals surface area contributed by atoms with Gasteiger partial charge in [0.1, 0.15) is 10.7 Å². The standard InChI is InChI=1S/C25H20ClN3O3/c1-16-7-11-20(12-8-16)28-23(30)18-9-13-19(14-10-18)27-22-21(26)24(31)29(25(22)32)15-17-5-3-2-4-6-17/h2-14,27H,15H2,1H3,(H,28,30). The zero-order valence-corrected chi connectivity index (χ0v) is 18.0. The van der Waals surface area contributed by atoms with Crippen molar-refractivity contribution in [1.29, 1.82) is 0 Å². The van der Waals surface area contributed by atoms with Crippen molar-refractivity contribution in [3.63, 3.8) is 0 Å². The van der Waals surface area contributed by atoms with Crippen LogP contribution in [0.3, 0.4) is 0 Å². The summed E-state index contributed by atoms with van der Waals surface area (Å²) >= 11 is 6.16. The molecule has 0 fully saturated rings. The number of anilines is 2. The molecule has 0 atom stereocenters. The number of imide groups is 1. The molecule has 3 amide bonds. The van der Waals surface area contributed by atoms with Gasteiger partial charge >= 0.3 is 0 Å². The van der Waals surface area contributed by atoms with Crippen molar-refractivity contribution in [2.75, 3.05) is 10.6 Å². The van der Waals surface area contributed by atoms with Crippen LogP contribution in [0.5, 0.6) is 0 Å². The Bertz CT molecular complexity index is 1200. The van der Waals surface area contributed by atoms with E-state index < -0.39 is 11.8 Å². The van der Waals surface area contributed by atoms with Crippen molar-refractivity contribution in [3.05, 3.63) is 106 Å². The van der Waals surface area contributed by atoms with Crippen molar-refractivity contribution in [1.82, 2.24) is 4.90 Å². The number of carbonyl (C=O) groups excluding carboxylic acids is 3. The average Bonchev–Trinajstić information content (AvgIpc) is 3.00. The Balaban J connectivity index is 1.43. The van der Waals surface area contributed by atoms with E-state index in [9.17, 15) is 14.4 Å². The fourth-order valence-corrected chi connectivity index (χ4v) is 3.48. The van der Waals surface area contributed by atoms with Crippen LogP contribution in [0, 0.1) is 6.92 Å². The summed E-state index contributed by atoms with van der Waals surface area (Å²) in [4.78, 5) is 38.8. The maximum Gasteiger partial charge on any atom is 0.279 e. The maximum atomic E-state index is 12.8. The second-order valence-corrected chi connectivity index (χ2v) is 7.77. The Kier molecular flexibility index (Phi) is 6.05. The molecule has 3 aromatic rings. The van der Waals surface area contributed by atoms with Crippen molar-refractivity contribution in [3.8, 4) is 0 Å². The molecule has 0 bridgehead atoms. The van der Waals surface area contributed by atoms with E-state index >= 15 is 0 Å². The van der Waals surface area contributed by atoms with Crippen LogP contribution in [0.2, 0.25) is 0 Å². The zero-order chi connectivity index (χ0) is 22.7. The van der Waals surface area contributed by atoms with Crippen molar-refractivity contribution in [2.24, 2.45) is 0 Å². The summed E-state index contributed by atoms with van der Waals surface area (Å²) in [5.41, 5.74) is 3.64.